The van der Waals surface area contributed by atoms with Gasteiger partial charge in [-0.3, -0.25) is 4.79 Å². The van der Waals surface area contributed by atoms with Gasteiger partial charge in [-0.15, -0.1) is 0 Å². The third kappa shape index (κ3) is 5.21. The van der Waals surface area contributed by atoms with Crippen molar-refractivity contribution in [3.05, 3.63) is 65.1 Å². The Balaban J connectivity index is 1.30. The van der Waals surface area contributed by atoms with Gasteiger partial charge in [0.2, 0.25) is 5.91 Å². The van der Waals surface area contributed by atoms with Crippen LogP contribution in [0.2, 0.25) is 0 Å². The van der Waals surface area contributed by atoms with E-state index >= 15 is 0 Å². The highest BCUT2D eigenvalue weighted by Gasteiger charge is 2.36. The molecule has 0 bridgehead atoms. The Morgan fingerprint density at radius 3 is 2.80 bits per heavy atom. The van der Waals surface area contributed by atoms with Crippen LogP contribution < -0.4 is 9.64 Å². The van der Waals surface area contributed by atoms with Gasteiger partial charge in [-0.2, -0.15) is 9.97 Å². The van der Waals surface area contributed by atoms with Gasteiger partial charge in [-0.25, -0.2) is 0 Å². The van der Waals surface area contributed by atoms with Gasteiger partial charge in [0.05, 0.1) is 11.5 Å². The first kappa shape index (κ1) is 26.8. The summed E-state index contributed by atoms with van der Waals surface area (Å²) in [5, 5.41) is 10.6. The smallest absolute Gasteiger partial charge is 0.318 e. The number of fused-ring (bicyclic) bond motifs is 2. The molecule has 6 rings (SSSR count). The maximum atomic E-state index is 12.3. The van der Waals surface area contributed by atoms with Crippen molar-refractivity contribution in [2.45, 2.75) is 63.5 Å². The van der Waals surface area contributed by atoms with Crippen molar-refractivity contribution in [2.24, 2.45) is 5.92 Å². The molecule has 2 aliphatic heterocycles. The second-order valence-corrected chi connectivity index (χ2v) is 12.0. The Labute approximate surface area is 237 Å². The van der Waals surface area contributed by atoms with E-state index in [1.807, 2.05) is 17.0 Å². The highest BCUT2D eigenvalue weighted by atomic mass is 16.5. The van der Waals surface area contributed by atoms with E-state index < -0.39 is 0 Å². The van der Waals surface area contributed by atoms with Crippen LogP contribution in [-0.2, 0) is 17.6 Å². The first-order chi connectivity index (χ1) is 19.4. The van der Waals surface area contributed by atoms with Crippen molar-refractivity contribution >= 4 is 17.8 Å². The lowest BCUT2D eigenvalue weighted by Gasteiger charge is -2.42. The molecule has 2 aliphatic carbocycles. The van der Waals surface area contributed by atoms with Crippen LogP contribution in [0.4, 0.5) is 5.82 Å². The van der Waals surface area contributed by atoms with E-state index in [0.29, 0.717) is 56.4 Å². The van der Waals surface area contributed by atoms with Gasteiger partial charge in [0.1, 0.15) is 12.4 Å². The third-order valence-corrected chi connectivity index (χ3v) is 9.45. The Kier molecular flexibility index (Phi) is 7.53. The van der Waals surface area contributed by atoms with Crippen LogP contribution in [0.25, 0.3) is 6.08 Å². The number of aliphatic hydroxyl groups is 1. The van der Waals surface area contributed by atoms with Crippen LogP contribution in [-0.4, -0.2) is 82.7 Å². The molecule has 1 amide bonds. The minimum atomic E-state index is -0.0196. The molecule has 8 nitrogen and oxygen atoms in total. The van der Waals surface area contributed by atoms with Crippen molar-refractivity contribution in [1.82, 2.24) is 19.8 Å². The van der Waals surface area contributed by atoms with Gasteiger partial charge in [-0.1, -0.05) is 30.8 Å². The average molecular weight is 544 g/mol. The molecule has 212 valence electrons. The number of piperazine rings is 1. The molecular weight excluding hydrogens is 502 g/mol. The summed E-state index contributed by atoms with van der Waals surface area (Å²) in [7, 11) is 2.16. The van der Waals surface area contributed by atoms with Crippen LogP contribution in [0.5, 0.6) is 6.01 Å². The molecule has 4 aliphatic rings. The summed E-state index contributed by atoms with van der Waals surface area (Å²) in [5.41, 5.74) is 4.72. The average Bonchev–Trinajstić information content (AvgIpc) is 3.38. The molecule has 1 unspecified atom stereocenters. The lowest BCUT2D eigenvalue weighted by Crippen LogP contribution is -2.54. The van der Waals surface area contributed by atoms with Gasteiger partial charge >= 0.3 is 6.01 Å². The Bertz CT molecular complexity index is 1310. The fraction of sp³-hybridized carbons (Fsp3) is 0.531. The highest BCUT2D eigenvalue weighted by molar-refractivity contribution is 5.87. The summed E-state index contributed by atoms with van der Waals surface area (Å²) in [6.45, 7) is 9.51. The summed E-state index contributed by atoms with van der Waals surface area (Å²) in [6, 6.07) is 9.41. The number of allylic oxidation sites excluding steroid dienone is 1. The first-order valence-corrected chi connectivity index (χ1v) is 14.8. The maximum Gasteiger partial charge on any atom is 0.318 e. The Morgan fingerprint density at radius 2 is 2.02 bits per heavy atom. The van der Waals surface area contributed by atoms with Crippen LogP contribution in [0.15, 0.2) is 42.7 Å². The van der Waals surface area contributed by atoms with E-state index in [1.54, 1.807) is 0 Å². The number of aliphatic hydroxyl groups excluding tert-OH is 1. The summed E-state index contributed by atoms with van der Waals surface area (Å²) in [5.74, 6) is 2.04. The quantitative estimate of drug-likeness (QED) is 0.542. The van der Waals surface area contributed by atoms with Crippen LogP contribution in [0.1, 0.15) is 60.9 Å². The zero-order chi connectivity index (χ0) is 27.8. The van der Waals surface area contributed by atoms with Crippen molar-refractivity contribution in [2.75, 3.05) is 44.7 Å². The number of likely N-dealkylation sites (tertiary alicyclic amines) is 1. The standard InChI is InChI=1S/C32H41N5O3/c1-4-30(39)36-14-15-37(21(2)19-36)31-27-12-11-23(28-18-25(38)16-22-8-5-6-10-26(22)28)17-29(27)33-32(34-31)40-20-24-9-7-13-35(24)3/h4-6,8,10,16,21,23-24,28,38H,1,7,9,11-15,17-20H2,2-3H3/t21-,23-,24-,28?/m0/s1. The zero-order valence-corrected chi connectivity index (χ0v) is 23.8. The third-order valence-electron chi connectivity index (χ3n) is 9.45. The molecule has 2 aromatic rings. The zero-order valence-electron chi connectivity index (χ0n) is 23.8. The molecule has 1 N–H and O–H groups in total. The maximum absolute atomic E-state index is 12.3. The molecule has 8 heteroatoms. The molecule has 40 heavy (non-hydrogen) atoms. The molecular formula is C32H41N5O3. The fourth-order valence-corrected chi connectivity index (χ4v) is 7.18. The molecule has 2 fully saturated rings. The van der Waals surface area contributed by atoms with Crippen molar-refractivity contribution in [3.8, 4) is 6.01 Å². The Morgan fingerprint density at radius 1 is 1.18 bits per heavy atom. The van der Waals surface area contributed by atoms with Gasteiger partial charge in [0.25, 0.3) is 0 Å². The van der Waals surface area contributed by atoms with Crippen LogP contribution in [0.3, 0.4) is 0 Å². The number of amides is 1. The lowest BCUT2D eigenvalue weighted by atomic mass is 9.71. The van der Waals surface area contributed by atoms with E-state index in [0.717, 1.165) is 49.3 Å². The molecule has 0 saturated carbocycles. The number of anilines is 1. The summed E-state index contributed by atoms with van der Waals surface area (Å²) >= 11 is 0. The van der Waals surface area contributed by atoms with Gasteiger partial charge in [0, 0.05) is 43.7 Å². The minimum Gasteiger partial charge on any atom is -0.512 e. The van der Waals surface area contributed by atoms with Crippen LogP contribution >= 0.6 is 0 Å². The highest BCUT2D eigenvalue weighted by Crippen LogP contribution is 2.44. The molecule has 1 aromatic heterocycles. The predicted octanol–water partition coefficient (Wildman–Crippen LogP) is 4.36. The molecule has 3 heterocycles. The topological polar surface area (TPSA) is 82.0 Å². The number of nitrogens with zero attached hydrogens (tertiary/aromatic N) is 5. The number of ether oxygens (including phenoxy) is 1. The monoisotopic (exact) mass is 543 g/mol. The number of carbonyl (C=O) groups is 1. The lowest BCUT2D eigenvalue weighted by molar-refractivity contribution is -0.126. The van der Waals surface area contributed by atoms with Crippen molar-refractivity contribution in [1.29, 1.82) is 0 Å². The van der Waals surface area contributed by atoms with E-state index in [9.17, 15) is 9.90 Å². The normalized spacial score (nSPS) is 26.6. The Hall–Kier alpha value is -3.39. The summed E-state index contributed by atoms with van der Waals surface area (Å²) in [6.07, 6.45) is 9.05. The second kappa shape index (κ2) is 11.2. The molecule has 1 aromatic carbocycles. The number of benzene rings is 1. The largest absolute Gasteiger partial charge is 0.512 e. The summed E-state index contributed by atoms with van der Waals surface area (Å²) < 4.78 is 6.31. The van der Waals surface area contributed by atoms with Crippen molar-refractivity contribution < 1.29 is 14.6 Å². The molecule has 0 spiro atoms. The SMILES string of the molecule is C=CC(=O)N1CCN(c2nc(OC[C@@H]3CCCN3C)nc3c2CC[C@H](C2CC(O)=Cc4ccccc42)C3)[C@@H](C)C1. The first-order valence-electron chi connectivity index (χ1n) is 14.8. The number of hydrogen-bond acceptors (Lipinski definition) is 7. The summed E-state index contributed by atoms with van der Waals surface area (Å²) in [4.78, 5) is 28.9. The van der Waals surface area contributed by atoms with E-state index in [1.165, 1.54) is 23.6 Å². The van der Waals surface area contributed by atoms with Gasteiger partial charge < -0.3 is 24.5 Å². The minimum absolute atomic E-state index is 0.0196. The second-order valence-electron chi connectivity index (χ2n) is 12.0. The van der Waals surface area contributed by atoms with E-state index in [4.69, 9.17) is 14.7 Å². The predicted molar refractivity (Wildman–Crippen MR) is 157 cm³/mol. The molecule has 0 radical (unpaired) electrons. The number of hydrogen-bond donors (Lipinski definition) is 1. The van der Waals surface area contributed by atoms with Crippen molar-refractivity contribution in [3.63, 3.8) is 0 Å². The van der Waals surface area contributed by atoms with Gasteiger partial charge in [0.15, 0.2) is 0 Å². The van der Waals surface area contributed by atoms with E-state index in [2.05, 4.69) is 48.5 Å². The van der Waals surface area contributed by atoms with Gasteiger partial charge in [-0.05, 0) is 87.7 Å². The molecule has 2 saturated heterocycles. The number of likely N-dealkylation sites (N-methyl/N-ethyl adjacent to an activating group) is 1. The number of carbonyl (C=O) groups excluding carboxylic acids is 1. The number of aromatic nitrogens is 2. The van der Waals surface area contributed by atoms with Crippen LogP contribution in [0, 0.1) is 5.92 Å². The molecule has 4 atom stereocenters. The fourth-order valence-electron chi connectivity index (χ4n) is 7.18. The number of rotatable bonds is 6. The van der Waals surface area contributed by atoms with E-state index in [-0.39, 0.29) is 17.9 Å².